The Bertz CT molecular complexity index is 631. The van der Waals surface area contributed by atoms with Crippen molar-refractivity contribution in [2.24, 2.45) is 10.9 Å². The van der Waals surface area contributed by atoms with E-state index < -0.39 is 0 Å². The standard InChI is InChI=1S/C22H34N4O.HI/c1-3-23-22(24-15-17(2)18-9-5-4-6-10-18)25-20-13-14-26(16-20)21(27)19-11-7-8-12-19;/h4-6,9-10,17,19-20H,3,7-8,11-16H2,1-2H3,(H2,23,24,25);1H. The number of nitrogens with one attached hydrogen (secondary N) is 2. The van der Waals surface area contributed by atoms with Gasteiger partial charge < -0.3 is 15.5 Å². The number of hydrogen-bond acceptors (Lipinski definition) is 2. The number of nitrogens with zero attached hydrogens (tertiary/aromatic N) is 2. The number of rotatable bonds is 6. The topological polar surface area (TPSA) is 56.7 Å². The summed E-state index contributed by atoms with van der Waals surface area (Å²) in [5, 5.41) is 6.90. The Morgan fingerprint density at radius 2 is 1.93 bits per heavy atom. The summed E-state index contributed by atoms with van der Waals surface area (Å²) in [5.41, 5.74) is 1.31. The summed E-state index contributed by atoms with van der Waals surface area (Å²) >= 11 is 0. The molecule has 0 radical (unpaired) electrons. The first-order valence-electron chi connectivity index (χ1n) is 10.6. The molecular formula is C22H35IN4O. The highest BCUT2D eigenvalue weighted by Crippen LogP contribution is 2.27. The average molecular weight is 498 g/mol. The predicted octanol–water partition coefficient (Wildman–Crippen LogP) is 3.75. The lowest BCUT2D eigenvalue weighted by atomic mass is 10.0. The molecule has 3 rings (SSSR count). The molecule has 6 heteroatoms. The van der Waals surface area contributed by atoms with Crippen LogP contribution in [0.3, 0.4) is 0 Å². The van der Waals surface area contributed by atoms with Crippen LogP contribution in [0.15, 0.2) is 35.3 Å². The smallest absolute Gasteiger partial charge is 0.225 e. The van der Waals surface area contributed by atoms with Gasteiger partial charge in [0.2, 0.25) is 5.91 Å². The van der Waals surface area contributed by atoms with Crippen LogP contribution in [-0.4, -0.2) is 49.0 Å². The van der Waals surface area contributed by atoms with Crippen molar-refractivity contribution in [3.8, 4) is 0 Å². The highest BCUT2D eigenvalue weighted by Gasteiger charge is 2.32. The molecule has 1 saturated carbocycles. The third-order valence-corrected chi connectivity index (χ3v) is 5.78. The van der Waals surface area contributed by atoms with Crippen molar-refractivity contribution in [3.63, 3.8) is 0 Å². The van der Waals surface area contributed by atoms with E-state index in [0.717, 1.165) is 51.4 Å². The molecule has 0 bridgehead atoms. The fraction of sp³-hybridized carbons (Fsp3) is 0.636. The SMILES string of the molecule is CCNC(=NCC(C)c1ccccc1)NC1CCN(C(=O)C2CCCC2)C1.I. The maximum atomic E-state index is 12.6. The van der Waals surface area contributed by atoms with E-state index in [9.17, 15) is 4.79 Å². The number of halogens is 1. The predicted molar refractivity (Wildman–Crippen MR) is 126 cm³/mol. The molecular weight excluding hydrogens is 463 g/mol. The third kappa shape index (κ3) is 6.36. The van der Waals surface area contributed by atoms with Gasteiger partial charge in [0.25, 0.3) is 0 Å². The zero-order chi connectivity index (χ0) is 19.1. The molecule has 2 atom stereocenters. The Kier molecular flexibility index (Phi) is 9.55. The van der Waals surface area contributed by atoms with E-state index in [-0.39, 0.29) is 29.9 Å². The summed E-state index contributed by atoms with van der Waals surface area (Å²) in [6.45, 7) is 7.54. The van der Waals surface area contributed by atoms with Gasteiger partial charge in [-0.25, -0.2) is 0 Å². The van der Waals surface area contributed by atoms with Crippen molar-refractivity contribution < 1.29 is 4.79 Å². The Morgan fingerprint density at radius 1 is 1.21 bits per heavy atom. The second kappa shape index (κ2) is 11.6. The monoisotopic (exact) mass is 498 g/mol. The van der Waals surface area contributed by atoms with Gasteiger partial charge in [0.15, 0.2) is 5.96 Å². The Morgan fingerprint density at radius 3 is 2.61 bits per heavy atom. The van der Waals surface area contributed by atoms with Gasteiger partial charge >= 0.3 is 0 Å². The van der Waals surface area contributed by atoms with Crippen molar-refractivity contribution in [2.45, 2.75) is 57.9 Å². The van der Waals surface area contributed by atoms with Crippen molar-refractivity contribution in [3.05, 3.63) is 35.9 Å². The molecule has 28 heavy (non-hydrogen) atoms. The molecule has 1 aromatic carbocycles. The maximum Gasteiger partial charge on any atom is 0.225 e. The van der Waals surface area contributed by atoms with E-state index >= 15 is 0 Å². The van der Waals surface area contributed by atoms with Crippen LogP contribution in [0.2, 0.25) is 0 Å². The van der Waals surface area contributed by atoms with Gasteiger partial charge in [-0.1, -0.05) is 50.1 Å². The summed E-state index contributed by atoms with van der Waals surface area (Å²) < 4.78 is 0. The average Bonchev–Trinajstić information content (AvgIpc) is 3.38. The zero-order valence-corrected chi connectivity index (χ0v) is 19.5. The normalized spacial score (nSPS) is 21.3. The van der Waals surface area contributed by atoms with Crippen LogP contribution >= 0.6 is 24.0 Å². The Labute approximate surface area is 186 Å². The van der Waals surface area contributed by atoms with Crippen LogP contribution in [0, 0.1) is 5.92 Å². The second-order valence-electron chi connectivity index (χ2n) is 7.93. The summed E-state index contributed by atoms with van der Waals surface area (Å²) in [5.74, 6) is 1.89. The number of carbonyl (C=O) groups excluding carboxylic acids is 1. The van der Waals surface area contributed by atoms with Crippen LogP contribution < -0.4 is 10.6 Å². The minimum absolute atomic E-state index is 0. The largest absolute Gasteiger partial charge is 0.357 e. The molecule has 1 heterocycles. The van der Waals surface area contributed by atoms with E-state index in [4.69, 9.17) is 4.99 Å². The first-order chi connectivity index (χ1) is 13.2. The van der Waals surface area contributed by atoms with Crippen molar-refractivity contribution in [1.82, 2.24) is 15.5 Å². The van der Waals surface area contributed by atoms with E-state index in [1.807, 2.05) is 6.07 Å². The molecule has 5 nitrogen and oxygen atoms in total. The van der Waals surface area contributed by atoms with Crippen LogP contribution in [-0.2, 0) is 4.79 Å². The number of amides is 1. The molecule has 1 aliphatic heterocycles. The first kappa shape index (κ1) is 23.0. The highest BCUT2D eigenvalue weighted by atomic mass is 127. The van der Waals surface area contributed by atoms with Crippen LogP contribution in [0.4, 0.5) is 0 Å². The number of likely N-dealkylation sites (tertiary alicyclic amines) is 1. The number of benzene rings is 1. The van der Waals surface area contributed by atoms with Crippen LogP contribution in [0.1, 0.15) is 57.4 Å². The van der Waals surface area contributed by atoms with Gasteiger partial charge in [-0.15, -0.1) is 24.0 Å². The molecule has 1 aliphatic carbocycles. The van der Waals surface area contributed by atoms with Crippen LogP contribution in [0.25, 0.3) is 0 Å². The van der Waals surface area contributed by atoms with E-state index in [1.54, 1.807) is 0 Å². The van der Waals surface area contributed by atoms with Crippen molar-refractivity contribution in [1.29, 1.82) is 0 Å². The molecule has 2 unspecified atom stereocenters. The van der Waals surface area contributed by atoms with Gasteiger partial charge in [-0.05, 0) is 31.7 Å². The molecule has 2 N–H and O–H groups in total. The van der Waals surface area contributed by atoms with Crippen molar-refractivity contribution >= 4 is 35.8 Å². The second-order valence-corrected chi connectivity index (χ2v) is 7.93. The van der Waals surface area contributed by atoms with Crippen molar-refractivity contribution in [2.75, 3.05) is 26.2 Å². The first-order valence-corrected chi connectivity index (χ1v) is 10.6. The van der Waals surface area contributed by atoms with Gasteiger partial charge in [0, 0.05) is 44.1 Å². The molecule has 2 fully saturated rings. The molecule has 2 aliphatic rings. The number of carbonyl (C=O) groups is 1. The number of guanidine groups is 1. The van der Waals surface area contributed by atoms with Crippen LogP contribution in [0.5, 0.6) is 0 Å². The summed E-state index contributed by atoms with van der Waals surface area (Å²) in [7, 11) is 0. The molecule has 0 aromatic heterocycles. The maximum absolute atomic E-state index is 12.6. The van der Waals surface area contributed by atoms with Gasteiger partial charge in [-0.3, -0.25) is 9.79 Å². The van der Waals surface area contributed by atoms with Gasteiger partial charge in [-0.2, -0.15) is 0 Å². The quantitative estimate of drug-likeness (QED) is 0.357. The minimum atomic E-state index is 0. The van der Waals surface area contributed by atoms with E-state index in [0.29, 0.717) is 17.9 Å². The Balaban J connectivity index is 0.00000280. The lowest BCUT2D eigenvalue weighted by Crippen LogP contribution is -2.45. The lowest BCUT2D eigenvalue weighted by molar-refractivity contribution is -0.134. The lowest BCUT2D eigenvalue weighted by Gasteiger charge is -2.21. The summed E-state index contributed by atoms with van der Waals surface area (Å²) in [6, 6.07) is 10.8. The van der Waals surface area contributed by atoms with Gasteiger partial charge in [0.05, 0.1) is 0 Å². The Hall–Kier alpha value is -1.31. The van der Waals surface area contributed by atoms with Gasteiger partial charge in [0.1, 0.15) is 0 Å². The fourth-order valence-electron chi connectivity index (χ4n) is 4.14. The number of aliphatic imine (C=N–C) groups is 1. The summed E-state index contributed by atoms with van der Waals surface area (Å²) in [4.78, 5) is 19.5. The number of hydrogen-bond donors (Lipinski definition) is 2. The van der Waals surface area contributed by atoms with E-state index in [1.165, 1.54) is 18.4 Å². The minimum Gasteiger partial charge on any atom is -0.357 e. The zero-order valence-electron chi connectivity index (χ0n) is 17.2. The summed E-state index contributed by atoms with van der Waals surface area (Å²) in [6.07, 6.45) is 5.58. The molecule has 0 spiro atoms. The molecule has 1 aromatic rings. The molecule has 1 amide bonds. The fourth-order valence-corrected chi connectivity index (χ4v) is 4.14. The third-order valence-electron chi connectivity index (χ3n) is 5.78. The van der Waals surface area contributed by atoms with E-state index in [2.05, 4.69) is 53.6 Å². The molecule has 1 saturated heterocycles. The highest BCUT2D eigenvalue weighted by molar-refractivity contribution is 14.0. The molecule has 156 valence electrons.